The Balaban J connectivity index is 2.10. The van der Waals surface area contributed by atoms with E-state index >= 15 is 0 Å². The molecule has 1 unspecified atom stereocenters. The Morgan fingerprint density at radius 3 is 2.11 bits per heavy atom. The van der Waals surface area contributed by atoms with Crippen molar-refractivity contribution < 1.29 is 13.9 Å². The Hall–Kier alpha value is -1.78. The Kier molecular flexibility index (Phi) is 3.05. The predicted molar refractivity (Wildman–Crippen MR) is 73.1 cm³/mol. The summed E-state index contributed by atoms with van der Waals surface area (Å²) in [5.74, 6) is 1.01. The topological polar surface area (TPSA) is 46.5 Å². The molecule has 3 aromatic heterocycles. The van der Waals surface area contributed by atoms with E-state index in [-0.39, 0.29) is 5.92 Å². The van der Waals surface area contributed by atoms with Gasteiger partial charge in [-0.15, -0.1) is 11.3 Å². The molecule has 0 fully saturated rings. The number of furan rings is 2. The minimum atomic E-state index is -1.08. The third-order valence-corrected chi connectivity index (χ3v) is 4.33. The first kappa shape index (κ1) is 12.3. The van der Waals surface area contributed by atoms with Crippen molar-refractivity contribution in [3.63, 3.8) is 0 Å². The molecule has 0 amide bonds. The van der Waals surface area contributed by atoms with Gasteiger partial charge in [-0.2, -0.15) is 0 Å². The van der Waals surface area contributed by atoms with Crippen LogP contribution in [0.15, 0.2) is 63.1 Å². The van der Waals surface area contributed by atoms with Crippen LogP contribution in [-0.4, -0.2) is 5.11 Å². The van der Waals surface area contributed by atoms with Gasteiger partial charge in [-0.1, -0.05) is 6.07 Å². The Morgan fingerprint density at radius 2 is 1.68 bits per heavy atom. The van der Waals surface area contributed by atoms with Gasteiger partial charge in [-0.25, -0.2) is 0 Å². The van der Waals surface area contributed by atoms with Crippen LogP contribution < -0.4 is 0 Å². The molecule has 0 spiro atoms. The van der Waals surface area contributed by atoms with Crippen LogP contribution in [0.2, 0.25) is 0 Å². The summed E-state index contributed by atoms with van der Waals surface area (Å²) in [7, 11) is 0. The molecule has 3 aromatic rings. The van der Waals surface area contributed by atoms with Crippen LogP contribution in [0.4, 0.5) is 0 Å². The monoisotopic (exact) mass is 274 g/mol. The molecule has 0 bridgehead atoms. The van der Waals surface area contributed by atoms with Gasteiger partial charge in [0.05, 0.1) is 12.5 Å². The van der Waals surface area contributed by atoms with Crippen molar-refractivity contribution in [2.45, 2.75) is 18.4 Å². The second kappa shape index (κ2) is 4.72. The molecule has 98 valence electrons. The Bertz CT molecular complexity index is 572. The number of hydrogen-bond acceptors (Lipinski definition) is 4. The van der Waals surface area contributed by atoms with Crippen molar-refractivity contribution in [3.8, 4) is 0 Å². The zero-order valence-corrected chi connectivity index (χ0v) is 11.3. The molecule has 3 heterocycles. The molecule has 3 nitrogen and oxygen atoms in total. The molecular formula is C15H14O3S. The van der Waals surface area contributed by atoms with Gasteiger partial charge >= 0.3 is 0 Å². The molecule has 0 aliphatic heterocycles. The smallest absolute Gasteiger partial charge is 0.117 e. The van der Waals surface area contributed by atoms with E-state index in [9.17, 15) is 5.11 Å². The highest BCUT2D eigenvalue weighted by Gasteiger charge is 2.40. The van der Waals surface area contributed by atoms with E-state index in [2.05, 4.69) is 0 Å². The lowest BCUT2D eigenvalue weighted by Gasteiger charge is -2.29. The van der Waals surface area contributed by atoms with Crippen LogP contribution in [0.3, 0.4) is 0 Å². The first-order valence-electron chi connectivity index (χ1n) is 6.03. The molecule has 0 aliphatic rings. The first-order chi connectivity index (χ1) is 9.19. The maximum atomic E-state index is 11.0. The van der Waals surface area contributed by atoms with Gasteiger partial charge in [0.15, 0.2) is 0 Å². The van der Waals surface area contributed by atoms with Crippen LogP contribution >= 0.6 is 11.3 Å². The molecule has 0 aliphatic carbocycles. The highest BCUT2D eigenvalue weighted by atomic mass is 32.1. The summed E-state index contributed by atoms with van der Waals surface area (Å²) in [6.45, 7) is 1.79. The third-order valence-electron chi connectivity index (χ3n) is 3.24. The summed E-state index contributed by atoms with van der Waals surface area (Å²) < 4.78 is 11.0. The van der Waals surface area contributed by atoms with Crippen molar-refractivity contribution in [3.05, 3.63) is 70.7 Å². The minimum Gasteiger partial charge on any atom is -0.468 e. The fraction of sp³-hybridized carbons (Fsp3) is 0.200. The molecule has 19 heavy (non-hydrogen) atoms. The first-order valence-corrected chi connectivity index (χ1v) is 6.90. The molecule has 1 atom stereocenters. The van der Waals surface area contributed by atoms with Gasteiger partial charge in [0.25, 0.3) is 0 Å². The fourth-order valence-corrected chi connectivity index (χ4v) is 3.13. The van der Waals surface area contributed by atoms with Crippen LogP contribution in [0.25, 0.3) is 0 Å². The lowest BCUT2D eigenvalue weighted by atomic mass is 9.84. The number of rotatable bonds is 4. The van der Waals surface area contributed by atoms with Crippen molar-refractivity contribution in [2.24, 2.45) is 0 Å². The second-order valence-electron chi connectivity index (χ2n) is 4.59. The van der Waals surface area contributed by atoms with Gasteiger partial charge in [-0.3, -0.25) is 0 Å². The standard InChI is InChI=1S/C15H14O3S/c1-15(16,13-7-4-10-19-13)14(11-5-2-8-17-11)12-6-3-9-18-12/h2-10,14,16H,1H3. The molecule has 0 radical (unpaired) electrons. The molecular weight excluding hydrogens is 260 g/mol. The van der Waals surface area contributed by atoms with Gasteiger partial charge in [0.2, 0.25) is 0 Å². The van der Waals surface area contributed by atoms with Gasteiger partial charge < -0.3 is 13.9 Å². The quantitative estimate of drug-likeness (QED) is 0.783. The second-order valence-corrected chi connectivity index (χ2v) is 5.54. The van der Waals surface area contributed by atoms with E-state index in [1.165, 1.54) is 11.3 Å². The molecule has 0 saturated heterocycles. The molecule has 4 heteroatoms. The van der Waals surface area contributed by atoms with Gasteiger partial charge in [-0.05, 0) is 42.6 Å². The van der Waals surface area contributed by atoms with Gasteiger partial charge in [0, 0.05) is 4.88 Å². The minimum absolute atomic E-state index is 0.365. The van der Waals surface area contributed by atoms with E-state index in [1.807, 2.05) is 41.8 Å². The van der Waals surface area contributed by atoms with Gasteiger partial charge in [0.1, 0.15) is 23.0 Å². The lowest BCUT2D eigenvalue weighted by Crippen LogP contribution is -2.29. The maximum absolute atomic E-state index is 11.0. The molecule has 1 N–H and O–H groups in total. The zero-order valence-electron chi connectivity index (χ0n) is 10.4. The van der Waals surface area contributed by atoms with Crippen molar-refractivity contribution in [1.82, 2.24) is 0 Å². The van der Waals surface area contributed by atoms with Crippen LogP contribution in [0, 0.1) is 0 Å². The number of aliphatic hydroxyl groups is 1. The van der Waals surface area contributed by atoms with Crippen molar-refractivity contribution >= 4 is 11.3 Å². The summed E-state index contributed by atoms with van der Waals surface area (Å²) in [5, 5.41) is 12.9. The van der Waals surface area contributed by atoms with Crippen LogP contribution in [0.5, 0.6) is 0 Å². The van der Waals surface area contributed by atoms with E-state index in [0.29, 0.717) is 11.5 Å². The third kappa shape index (κ3) is 2.13. The average molecular weight is 274 g/mol. The summed E-state index contributed by atoms with van der Waals surface area (Å²) in [6, 6.07) is 11.2. The van der Waals surface area contributed by atoms with Crippen LogP contribution in [-0.2, 0) is 5.60 Å². The number of hydrogen-bond donors (Lipinski definition) is 1. The Labute approximate surface area is 115 Å². The normalized spacial score (nSPS) is 14.7. The van der Waals surface area contributed by atoms with Crippen molar-refractivity contribution in [2.75, 3.05) is 0 Å². The molecule has 3 rings (SSSR count). The largest absolute Gasteiger partial charge is 0.468 e. The van der Waals surface area contributed by atoms with E-state index in [1.54, 1.807) is 19.5 Å². The SMILES string of the molecule is CC(O)(c1cccs1)C(c1ccco1)c1ccco1. The Morgan fingerprint density at radius 1 is 1.05 bits per heavy atom. The van der Waals surface area contributed by atoms with Crippen molar-refractivity contribution in [1.29, 1.82) is 0 Å². The molecule has 0 aromatic carbocycles. The van der Waals surface area contributed by atoms with Crippen LogP contribution in [0.1, 0.15) is 29.2 Å². The average Bonchev–Trinajstić information content (AvgIpc) is 3.14. The van der Waals surface area contributed by atoms with E-state index < -0.39 is 5.60 Å². The maximum Gasteiger partial charge on any atom is 0.117 e. The fourth-order valence-electron chi connectivity index (χ4n) is 2.31. The van der Waals surface area contributed by atoms with E-state index in [0.717, 1.165) is 4.88 Å². The zero-order chi connectivity index (χ0) is 13.3. The highest BCUT2D eigenvalue weighted by molar-refractivity contribution is 7.10. The summed E-state index contributed by atoms with van der Waals surface area (Å²) >= 11 is 1.52. The summed E-state index contributed by atoms with van der Waals surface area (Å²) in [4.78, 5) is 0.880. The predicted octanol–water partition coefficient (Wildman–Crippen LogP) is 3.97. The summed E-state index contributed by atoms with van der Waals surface area (Å²) in [5.41, 5.74) is -1.08. The summed E-state index contributed by atoms with van der Waals surface area (Å²) in [6.07, 6.45) is 3.21. The molecule has 0 saturated carbocycles. The lowest BCUT2D eigenvalue weighted by molar-refractivity contribution is 0.0297. The number of thiophene rings is 1. The highest BCUT2D eigenvalue weighted by Crippen LogP contribution is 2.43. The van der Waals surface area contributed by atoms with E-state index in [4.69, 9.17) is 8.83 Å².